The lowest BCUT2D eigenvalue weighted by Gasteiger charge is -2.37. The topological polar surface area (TPSA) is 67.9 Å². The number of nitrogens with zero attached hydrogens (tertiary/aromatic N) is 1. The van der Waals surface area contributed by atoms with Crippen molar-refractivity contribution in [2.24, 2.45) is 0 Å². The van der Waals surface area contributed by atoms with Gasteiger partial charge in [0.05, 0.1) is 30.9 Å². The highest BCUT2D eigenvalue weighted by Crippen LogP contribution is 2.31. The number of rotatable bonds is 6. The van der Waals surface area contributed by atoms with Gasteiger partial charge in [0.2, 0.25) is 0 Å². The molecule has 1 atom stereocenters. The molecule has 0 saturated heterocycles. The van der Waals surface area contributed by atoms with Gasteiger partial charge in [-0.25, -0.2) is 9.59 Å². The first-order valence-electron chi connectivity index (χ1n) is 8.19. The second kappa shape index (κ2) is 8.62. The van der Waals surface area contributed by atoms with Gasteiger partial charge < -0.3 is 19.7 Å². The maximum Gasteiger partial charge on any atom is 0.338 e. The van der Waals surface area contributed by atoms with Crippen LogP contribution < -0.4 is 5.32 Å². The molecule has 0 amide bonds. The molecule has 1 aliphatic heterocycles. The van der Waals surface area contributed by atoms with Crippen LogP contribution in [0.5, 0.6) is 0 Å². The van der Waals surface area contributed by atoms with Crippen molar-refractivity contribution in [2.75, 3.05) is 20.3 Å². The predicted octanol–water partition coefficient (Wildman–Crippen LogP) is 2.73. The van der Waals surface area contributed by atoms with Crippen molar-refractivity contribution in [2.45, 2.75) is 19.9 Å². The van der Waals surface area contributed by atoms with Gasteiger partial charge in [0.1, 0.15) is 0 Å². The number of benzene rings is 1. The van der Waals surface area contributed by atoms with Crippen molar-refractivity contribution in [3.63, 3.8) is 0 Å². The van der Waals surface area contributed by atoms with Crippen molar-refractivity contribution >= 4 is 29.3 Å². The summed E-state index contributed by atoms with van der Waals surface area (Å²) in [4.78, 5) is 26.0. The van der Waals surface area contributed by atoms with Crippen LogP contribution in [0, 0.1) is 0 Å². The fourth-order valence-corrected chi connectivity index (χ4v) is 3.11. The van der Waals surface area contributed by atoms with Crippen LogP contribution in [0.2, 0.25) is 0 Å². The minimum atomic E-state index is -0.464. The Hall–Kier alpha value is -2.67. The van der Waals surface area contributed by atoms with Crippen molar-refractivity contribution in [3.8, 4) is 0 Å². The van der Waals surface area contributed by atoms with E-state index in [1.807, 2.05) is 6.92 Å². The van der Waals surface area contributed by atoms with Crippen molar-refractivity contribution in [1.29, 1.82) is 0 Å². The van der Waals surface area contributed by atoms with Gasteiger partial charge in [-0.1, -0.05) is 18.2 Å². The van der Waals surface area contributed by atoms with E-state index in [9.17, 15) is 9.59 Å². The van der Waals surface area contributed by atoms with E-state index in [1.165, 1.54) is 7.11 Å². The number of thiocarbonyl (C=S) groups is 1. The second-order valence-electron chi connectivity index (χ2n) is 5.61. The number of ether oxygens (including phenoxy) is 2. The van der Waals surface area contributed by atoms with Crippen molar-refractivity contribution < 1.29 is 19.1 Å². The molecule has 6 nitrogen and oxygen atoms in total. The summed E-state index contributed by atoms with van der Waals surface area (Å²) in [5, 5.41) is 3.68. The Kier molecular flexibility index (Phi) is 6.52. The number of hydrogen-bond acceptors (Lipinski definition) is 5. The maximum absolute atomic E-state index is 12.6. The molecule has 1 heterocycles. The molecule has 1 aromatic carbocycles. The van der Waals surface area contributed by atoms with E-state index in [2.05, 4.69) is 11.9 Å². The molecule has 0 saturated carbocycles. The molecule has 0 aromatic heterocycles. The summed E-state index contributed by atoms with van der Waals surface area (Å²) in [6, 6.07) is 6.37. The highest BCUT2D eigenvalue weighted by molar-refractivity contribution is 7.80. The van der Waals surface area contributed by atoms with Crippen LogP contribution >= 0.6 is 12.2 Å². The summed E-state index contributed by atoms with van der Waals surface area (Å²) in [6.07, 6.45) is 1.71. The van der Waals surface area contributed by atoms with Gasteiger partial charge in [0.25, 0.3) is 0 Å². The molecule has 138 valence electrons. The van der Waals surface area contributed by atoms with Gasteiger partial charge in [-0.15, -0.1) is 6.58 Å². The molecular weight excluding hydrogens is 352 g/mol. The Morgan fingerprint density at radius 2 is 1.96 bits per heavy atom. The average Bonchev–Trinajstić information content (AvgIpc) is 2.64. The zero-order chi connectivity index (χ0) is 19.3. The fraction of sp³-hybridized carbons (Fsp3) is 0.316. The molecule has 2 rings (SSSR count). The molecule has 7 heteroatoms. The Bertz CT molecular complexity index is 755. The summed E-state index contributed by atoms with van der Waals surface area (Å²) < 4.78 is 9.95. The number of methoxy groups -OCH3 is 1. The molecule has 0 unspecified atom stereocenters. The minimum Gasteiger partial charge on any atom is -0.465 e. The Morgan fingerprint density at radius 3 is 2.50 bits per heavy atom. The molecule has 1 N–H and O–H groups in total. The van der Waals surface area contributed by atoms with Crippen LogP contribution in [-0.2, 0) is 14.3 Å². The van der Waals surface area contributed by atoms with Crippen LogP contribution in [0.25, 0.3) is 0 Å². The maximum atomic E-state index is 12.6. The Balaban J connectivity index is 2.47. The predicted molar refractivity (Wildman–Crippen MR) is 102 cm³/mol. The van der Waals surface area contributed by atoms with Gasteiger partial charge in [-0.3, -0.25) is 0 Å². The highest BCUT2D eigenvalue weighted by Gasteiger charge is 2.34. The molecule has 0 fully saturated rings. The third kappa shape index (κ3) is 3.94. The lowest BCUT2D eigenvalue weighted by molar-refractivity contribution is -0.139. The zero-order valence-corrected chi connectivity index (χ0v) is 15.9. The number of allylic oxidation sites excluding steroid dienone is 1. The second-order valence-corrected chi connectivity index (χ2v) is 6.00. The van der Waals surface area contributed by atoms with E-state index in [0.717, 1.165) is 5.56 Å². The van der Waals surface area contributed by atoms with E-state index < -0.39 is 18.0 Å². The Morgan fingerprint density at radius 1 is 1.31 bits per heavy atom. The number of carbonyl (C=O) groups excluding carboxylic acids is 2. The van der Waals surface area contributed by atoms with Gasteiger partial charge >= 0.3 is 11.9 Å². The van der Waals surface area contributed by atoms with Gasteiger partial charge in [-0.05, 0) is 43.8 Å². The lowest BCUT2D eigenvalue weighted by atomic mass is 9.94. The Labute approximate surface area is 158 Å². The third-order valence-electron chi connectivity index (χ3n) is 4.07. The van der Waals surface area contributed by atoms with Crippen molar-refractivity contribution in [1.82, 2.24) is 10.2 Å². The lowest BCUT2D eigenvalue weighted by Crippen LogP contribution is -2.47. The third-order valence-corrected chi connectivity index (χ3v) is 4.41. The summed E-state index contributed by atoms with van der Waals surface area (Å²) in [5.74, 6) is -0.825. The number of nitrogens with one attached hydrogen (secondary N) is 1. The average molecular weight is 374 g/mol. The van der Waals surface area contributed by atoms with Crippen LogP contribution in [0.4, 0.5) is 0 Å². The van der Waals surface area contributed by atoms with Crippen LogP contribution in [0.15, 0.2) is 48.2 Å². The first kappa shape index (κ1) is 19.7. The first-order chi connectivity index (χ1) is 12.4. The normalized spacial score (nSPS) is 16.8. The smallest absolute Gasteiger partial charge is 0.338 e. The molecule has 0 bridgehead atoms. The van der Waals surface area contributed by atoms with E-state index in [0.29, 0.717) is 28.5 Å². The standard InChI is InChI=1S/C19H22N2O4S/c1-5-11-21-12(3)15(18(23)25-6-2)16(20-19(21)26)13-7-9-14(10-8-13)17(22)24-4/h5,7-10,16H,1,6,11H2,2-4H3,(H,20,26)/t16-/m0/s1. The van der Waals surface area contributed by atoms with E-state index in [1.54, 1.807) is 42.2 Å². The van der Waals surface area contributed by atoms with E-state index in [4.69, 9.17) is 21.7 Å². The quantitative estimate of drug-likeness (QED) is 0.466. The van der Waals surface area contributed by atoms with Crippen molar-refractivity contribution in [3.05, 3.63) is 59.3 Å². The summed E-state index contributed by atoms with van der Waals surface area (Å²) in [5.41, 5.74) is 2.42. The number of carbonyl (C=O) groups is 2. The molecule has 1 aliphatic rings. The van der Waals surface area contributed by atoms with Crippen LogP contribution in [0.1, 0.15) is 35.8 Å². The van der Waals surface area contributed by atoms with E-state index >= 15 is 0 Å². The molecule has 0 spiro atoms. The van der Waals surface area contributed by atoms with Gasteiger partial charge in [0, 0.05) is 12.2 Å². The summed E-state index contributed by atoms with van der Waals surface area (Å²) >= 11 is 5.44. The first-order valence-corrected chi connectivity index (χ1v) is 8.60. The molecule has 0 radical (unpaired) electrons. The van der Waals surface area contributed by atoms with Gasteiger partial charge in [0.15, 0.2) is 5.11 Å². The number of hydrogen-bond donors (Lipinski definition) is 1. The largest absolute Gasteiger partial charge is 0.465 e. The molecular formula is C19H22N2O4S. The summed E-state index contributed by atoms with van der Waals surface area (Å²) in [7, 11) is 1.33. The SMILES string of the molecule is C=CCN1C(=S)N[C@@H](c2ccc(C(=O)OC)cc2)C(C(=O)OCC)=C1C. The summed E-state index contributed by atoms with van der Waals surface area (Å²) in [6.45, 7) is 8.08. The molecule has 0 aliphatic carbocycles. The zero-order valence-electron chi connectivity index (χ0n) is 15.1. The monoisotopic (exact) mass is 374 g/mol. The van der Waals surface area contributed by atoms with E-state index in [-0.39, 0.29) is 6.61 Å². The van der Waals surface area contributed by atoms with Crippen LogP contribution in [-0.4, -0.2) is 42.2 Å². The highest BCUT2D eigenvalue weighted by atomic mass is 32.1. The van der Waals surface area contributed by atoms with Crippen LogP contribution in [0.3, 0.4) is 0 Å². The number of esters is 2. The minimum absolute atomic E-state index is 0.273. The molecule has 26 heavy (non-hydrogen) atoms. The van der Waals surface area contributed by atoms with Gasteiger partial charge in [-0.2, -0.15) is 0 Å². The fourth-order valence-electron chi connectivity index (χ4n) is 2.78. The molecule has 1 aromatic rings.